The van der Waals surface area contributed by atoms with Gasteiger partial charge in [-0.2, -0.15) is 0 Å². The monoisotopic (exact) mass is 404 g/mol. The number of rotatable bonds is 7. The molecule has 0 saturated carbocycles. The molecule has 2 bridgehead atoms. The van der Waals surface area contributed by atoms with Crippen LogP contribution in [0.3, 0.4) is 0 Å². The lowest BCUT2D eigenvalue weighted by molar-refractivity contribution is -0.113. The van der Waals surface area contributed by atoms with Gasteiger partial charge in [0.25, 0.3) is 0 Å². The highest BCUT2D eigenvalue weighted by atomic mass is 28.4. The second-order valence-electron chi connectivity index (χ2n) is 9.32. The summed E-state index contributed by atoms with van der Waals surface area (Å²) in [4.78, 5) is 12.0. The summed E-state index contributed by atoms with van der Waals surface area (Å²) in [6.07, 6.45) is 0.756. The van der Waals surface area contributed by atoms with Gasteiger partial charge in [-0.05, 0) is 39.9 Å². The lowest BCUT2D eigenvalue weighted by Crippen LogP contribution is -2.49. The molecule has 28 heavy (non-hydrogen) atoms. The zero-order valence-corrected chi connectivity index (χ0v) is 18.7. The number of hydrogen-bond acceptors (Lipinski definition) is 5. The molecule has 1 fully saturated rings. The van der Waals surface area contributed by atoms with Crippen molar-refractivity contribution in [1.82, 2.24) is 0 Å². The van der Waals surface area contributed by atoms with Crippen LogP contribution in [-0.2, 0) is 14.0 Å². The van der Waals surface area contributed by atoms with Crippen LogP contribution in [-0.4, -0.2) is 28.0 Å². The summed E-state index contributed by atoms with van der Waals surface area (Å²) in [6.45, 7) is 14.6. The van der Waals surface area contributed by atoms with Crippen molar-refractivity contribution in [2.24, 2.45) is 11.8 Å². The van der Waals surface area contributed by atoms with Crippen LogP contribution in [0.5, 0.6) is 11.5 Å². The van der Waals surface area contributed by atoms with E-state index in [0.29, 0.717) is 23.2 Å². The summed E-state index contributed by atoms with van der Waals surface area (Å²) < 4.78 is 24.2. The minimum Gasteiger partial charge on any atom is -0.454 e. The normalized spacial score (nSPS) is 27.9. The lowest BCUT2D eigenvalue weighted by atomic mass is 9.77. The summed E-state index contributed by atoms with van der Waals surface area (Å²) >= 11 is 0. The van der Waals surface area contributed by atoms with E-state index in [1.54, 1.807) is 0 Å². The van der Waals surface area contributed by atoms with E-state index >= 15 is 0 Å². The van der Waals surface area contributed by atoms with Crippen LogP contribution in [0.2, 0.25) is 16.6 Å². The Hall–Kier alpha value is -1.37. The largest absolute Gasteiger partial charge is 0.454 e. The Morgan fingerprint density at radius 1 is 1.00 bits per heavy atom. The second kappa shape index (κ2) is 7.15. The van der Waals surface area contributed by atoms with Crippen LogP contribution in [0.15, 0.2) is 12.1 Å². The molecule has 0 aromatic heterocycles. The van der Waals surface area contributed by atoms with Crippen LogP contribution in [0, 0.1) is 11.8 Å². The van der Waals surface area contributed by atoms with Crippen molar-refractivity contribution in [1.29, 1.82) is 0 Å². The Labute approximate surface area is 168 Å². The lowest BCUT2D eigenvalue weighted by Gasteiger charge is -2.43. The van der Waals surface area contributed by atoms with Gasteiger partial charge in [-0.25, -0.2) is 0 Å². The molecule has 0 aliphatic carbocycles. The summed E-state index contributed by atoms with van der Waals surface area (Å²) in [5.74, 6) is 1.40. The number of carbonyl (C=O) groups excluding carboxylic acids is 1. The first-order valence-electron chi connectivity index (χ1n) is 10.5. The maximum absolute atomic E-state index is 12.0. The minimum atomic E-state index is -1.99. The molecule has 4 rings (SSSR count). The third-order valence-corrected chi connectivity index (χ3v) is 13.2. The maximum Gasteiger partial charge on any atom is 0.231 e. The Morgan fingerprint density at radius 2 is 1.54 bits per heavy atom. The fourth-order valence-corrected chi connectivity index (χ4v) is 11.4. The molecule has 0 radical (unpaired) electrons. The molecule has 1 saturated heterocycles. The van der Waals surface area contributed by atoms with Gasteiger partial charge in [0.15, 0.2) is 19.8 Å². The molecule has 6 heteroatoms. The fraction of sp³-hybridized carbons (Fsp3) is 0.682. The van der Waals surface area contributed by atoms with E-state index in [1.807, 2.05) is 12.1 Å². The smallest absolute Gasteiger partial charge is 0.231 e. The average molecular weight is 405 g/mol. The van der Waals surface area contributed by atoms with Gasteiger partial charge >= 0.3 is 0 Å². The molecule has 0 spiro atoms. The molecule has 4 unspecified atom stereocenters. The minimum absolute atomic E-state index is 0.0542. The quantitative estimate of drug-likeness (QED) is 0.464. The molecular weight excluding hydrogens is 372 g/mol. The average Bonchev–Trinajstić information content (AvgIpc) is 3.32. The van der Waals surface area contributed by atoms with Crippen LogP contribution < -0.4 is 9.47 Å². The molecule has 154 valence electrons. The van der Waals surface area contributed by atoms with Crippen molar-refractivity contribution in [3.05, 3.63) is 23.3 Å². The van der Waals surface area contributed by atoms with E-state index in [-0.39, 0.29) is 30.8 Å². The maximum atomic E-state index is 12.0. The highest BCUT2D eigenvalue weighted by molar-refractivity contribution is 6.77. The number of aldehydes is 1. The van der Waals surface area contributed by atoms with E-state index in [2.05, 4.69) is 41.5 Å². The molecule has 0 N–H and O–H groups in total. The SMILES string of the molecule is CC(C)[Si](OCC1C2OC(c3cc4c(cc32)OCO4)C1C=O)(C(C)C)C(C)C. The Balaban J connectivity index is 1.61. The molecule has 4 atom stereocenters. The summed E-state index contributed by atoms with van der Waals surface area (Å²) in [5, 5.41) is 0. The van der Waals surface area contributed by atoms with Gasteiger partial charge < -0.3 is 23.4 Å². The van der Waals surface area contributed by atoms with Gasteiger partial charge in [0.2, 0.25) is 6.79 Å². The zero-order chi connectivity index (χ0) is 20.2. The third kappa shape index (κ3) is 2.76. The number of fused-ring (bicyclic) bond motifs is 6. The van der Waals surface area contributed by atoms with E-state index in [9.17, 15) is 4.79 Å². The zero-order valence-electron chi connectivity index (χ0n) is 17.7. The van der Waals surface area contributed by atoms with Gasteiger partial charge in [0.1, 0.15) is 6.29 Å². The van der Waals surface area contributed by atoms with Gasteiger partial charge in [-0.15, -0.1) is 0 Å². The summed E-state index contributed by atoms with van der Waals surface area (Å²) in [7, 11) is -1.99. The summed E-state index contributed by atoms with van der Waals surface area (Å²) in [5.41, 5.74) is 3.75. The van der Waals surface area contributed by atoms with Crippen molar-refractivity contribution in [2.45, 2.75) is 70.4 Å². The molecule has 1 aromatic carbocycles. The van der Waals surface area contributed by atoms with E-state index in [1.165, 1.54) is 0 Å². The van der Waals surface area contributed by atoms with Crippen molar-refractivity contribution >= 4 is 14.6 Å². The molecule has 3 aliphatic heterocycles. The van der Waals surface area contributed by atoms with Gasteiger partial charge in [0.05, 0.1) is 18.1 Å². The number of ether oxygens (including phenoxy) is 3. The first-order valence-corrected chi connectivity index (χ1v) is 12.6. The van der Waals surface area contributed by atoms with E-state index in [4.69, 9.17) is 18.6 Å². The van der Waals surface area contributed by atoms with Crippen LogP contribution in [0.25, 0.3) is 0 Å². The first-order chi connectivity index (χ1) is 13.3. The molecular formula is C22H32O5Si. The fourth-order valence-electron chi connectivity index (χ4n) is 5.94. The molecule has 3 aliphatic rings. The van der Waals surface area contributed by atoms with Gasteiger partial charge in [-0.3, -0.25) is 0 Å². The standard InChI is InChI=1S/C22H32O5Si/c1-12(2)28(13(3)4,14(5)6)26-10-18-17(9-23)21-15-7-19-20(25-11-24-19)8-16(15)22(18)27-21/h7-9,12-14,17-18,21-22H,10-11H2,1-6H3. The van der Waals surface area contributed by atoms with Crippen molar-refractivity contribution in [2.75, 3.05) is 13.4 Å². The van der Waals surface area contributed by atoms with Crippen LogP contribution >= 0.6 is 0 Å². The highest BCUT2D eigenvalue weighted by Crippen LogP contribution is 2.59. The molecule has 1 aromatic rings. The van der Waals surface area contributed by atoms with Crippen LogP contribution in [0.4, 0.5) is 0 Å². The first kappa shape index (κ1) is 19.9. The molecule has 5 nitrogen and oxygen atoms in total. The number of hydrogen-bond donors (Lipinski definition) is 0. The number of carbonyl (C=O) groups is 1. The predicted octanol–water partition coefficient (Wildman–Crippen LogP) is 5.16. The Bertz CT molecular complexity index is 738. The summed E-state index contributed by atoms with van der Waals surface area (Å²) in [6, 6.07) is 4.03. The van der Waals surface area contributed by atoms with E-state index in [0.717, 1.165) is 28.9 Å². The molecule has 3 heterocycles. The van der Waals surface area contributed by atoms with Crippen molar-refractivity contribution < 1.29 is 23.4 Å². The topological polar surface area (TPSA) is 54.0 Å². The number of benzene rings is 1. The van der Waals surface area contributed by atoms with Crippen LogP contribution in [0.1, 0.15) is 64.9 Å². The highest BCUT2D eigenvalue weighted by Gasteiger charge is 2.54. The van der Waals surface area contributed by atoms with Crippen molar-refractivity contribution in [3.8, 4) is 11.5 Å². The third-order valence-electron chi connectivity index (χ3n) is 7.11. The van der Waals surface area contributed by atoms with Crippen molar-refractivity contribution in [3.63, 3.8) is 0 Å². The second-order valence-corrected chi connectivity index (χ2v) is 14.8. The predicted molar refractivity (Wildman–Crippen MR) is 109 cm³/mol. The van der Waals surface area contributed by atoms with Gasteiger partial charge in [0, 0.05) is 12.5 Å². The Kier molecular flexibility index (Phi) is 5.09. The van der Waals surface area contributed by atoms with E-state index < -0.39 is 8.32 Å². The Morgan fingerprint density at radius 3 is 2.04 bits per heavy atom. The molecule has 0 amide bonds. The van der Waals surface area contributed by atoms with Gasteiger partial charge in [-0.1, -0.05) is 41.5 Å².